The maximum absolute atomic E-state index is 13.5. The minimum atomic E-state index is -4.12. The third kappa shape index (κ3) is 9.49. The number of benzene rings is 1. The summed E-state index contributed by atoms with van der Waals surface area (Å²) in [5.41, 5.74) is 0.0648. The van der Waals surface area contributed by atoms with Gasteiger partial charge < -0.3 is 34.3 Å². The molecule has 1 aromatic rings. The van der Waals surface area contributed by atoms with Crippen LogP contribution in [0.5, 0.6) is 5.75 Å². The number of aliphatic hydroxyl groups is 3. The third-order valence-electron chi connectivity index (χ3n) is 5.75. The summed E-state index contributed by atoms with van der Waals surface area (Å²) in [6.07, 6.45) is -5.02. The van der Waals surface area contributed by atoms with Crippen molar-refractivity contribution in [2.24, 2.45) is 10.8 Å². The minimum absolute atomic E-state index is 0.243. The number of hydrogen-bond donors (Lipinski definition) is 3. The molecule has 1 aliphatic rings. The zero-order valence-electron chi connectivity index (χ0n) is 24.3. The van der Waals surface area contributed by atoms with Gasteiger partial charge in [-0.2, -0.15) is 0 Å². The van der Waals surface area contributed by atoms with Crippen LogP contribution in [0.1, 0.15) is 59.1 Å². The molecule has 13 heteroatoms. The summed E-state index contributed by atoms with van der Waals surface area (Å²) >= 11 is 0. The molecule has 40 heavy (non-hydrogen) atoms. The normalized spacial score (nSPS) is 20.3. The van der Waals surface area contributed by atoms with E-state index in [4.69, 9.17) is 28.0 Å². The molecule has 0 fully saturated rings. The van der Waals surface area contributed by atoms with Crippen LogP contribution in [-0.2, 0) is 37.4 Å². The fraction of sp³-hybridized carbons (Fsp3) is 0.630. The predicted octanol–water partition coefficient (Wildman–Crippen LogP) is 4.81. The monoisotopic (exact) mass is 588 g/mol. The zero-order chi connectivity index (χ0) is 30.5. The summed E-state index contributed by atoms with van der Waals surface area (Å²) in [7, 11) is -4.12. The van der Waals surface area contributed by atoms with Crippen molar-refractivity contribution in [1.82, 2.24) is 0 Å². The number of aliphatic hydroxyl groups excluding tert-OH is 3. The lowest BCUT2D eigenvalue weighted by Crippen LogP contribution is -2.45. The van der Waals surface area contributed by atoms with E-state index in [-0.39, 0.29) is 6.42 Å². The van der Waals surface area contributed by atoms with Crippen LogP contribution in [0, 0.1) is 24.7 Å². The topological polar surface area (TPSA) is 167 Å². The van der Waals surface area contributed by atoms with Gasteiger partial charge in [-0.05, 0) is 73.4 Å². The van der Waals surface area contributed by atoms with E-state index < -0.39 is 80.1 Å². The highest BCUT2D eigenvalue weighted by Gasteiger charge is 2.41. The van der Waals surface area contributed by atoms with E-state index in [1.807, 2.05) is 13.0 Å². The molecule has 0 aromatic heterocycles. The molecule has 0 radical (unpaired) electrons. The lowest BCUT2D eigenvalue weighted by molar-refractivity contribution is -0.186. The van der Waals surface area contributed by atoms with Crippen molar-refractivity contribution in [3.8, 4) is 5.75 Å². The SMILES string of the molecule is Cc1ccc(O[C@H]2O[C@H](CCP(=O)(OCOC(=O)C(C)(C)C)OCOC(=O)C(C)(C)C)C(O)=C(O)[C@@H]2O)c(C)c1. The number of carbonyl (C=O) groups excluding carboxylic acids is 2. The molecular formula is C27H41O12P. The molecule has 3 N–H and O–H groups in total. The quantitative estimate of drug-likeness (QED) is 0.184. The van der Waals surface area contributed by atoms with Crippen LogP contribution in [0.4, 0.5) is 0 Å². The lowest BCUT2D eigenvalue weighted by Gasteiger charge is -2.33. The maximum atomic E-state index is 13.5. The average molecular weight is 589 g/mol. The summed E-state index contributed by atoms with van der Waals surface area (Å²) in [6.45, 7) is 12.1. The predicted molar refractivity (Wildman–Crippen MR) is 144 cm³/mol. The molecule has 12 nitrogen and oxygen atoms in total. The van der Waals surface area contributed by atoms with Crippen LogP contribution in [0.25, 0.3) is 0 Å². The summed E-state index contributed by atoms with van der Waals surface area (Å²) in [5, 5.41) is 31.2. The lowest BCUT2D eigenvalue weighted by atomic mass is 9.98. The van der Waals surface area contributed by atoms with Gasteiger partial charge >= 0.3 is 19.5 Å². The van der Waals surface area contributed by atoms with Crippen molar-refractivity contribution in [3.63, 3.8) is 0 Å². The maximum Gasteiger partial charge on any atom is 0.336 e. The Morgan fingerprint density at radius 3 is 1.93 bits per heavy atom. The molecule has 0 amide bonds. The smallest absolute Gasteiger partial charge is 0.336 e. The van der Waals surface area contributed by atoms with Crippen molar-refractivity contribution in [1.29, 1.82) is 0 Å². The molecule has 0 saturated carbocycles. The Morgan fingerprint density at radius 1 is 0.925 bits per heavy atom. The fourth-order valence-corrected chi connectivity index (χ4v) is 4.60. The standard InChI is InChI=1S/C27H41O12P/c1-16-9-10-18(17(2)13-16)38-23-22(30)21(29)20(28)19(39-23)11-12-40(33,36-14-34-24(31)26(3,4)5)37-15-35-25(32)27(6,7)8/h9-10,13,19,22-23,28-30H,11-12,14-15H2,1-8H3/t19-,22+,23+/m1/s1. The van der Waals surface area contributed by atoms with Gasteiger partial charge in [0.2, 0.25) is 19.9 Å². The van der Waals surface area contributed by atoms with Crippen LogP contribution >= 0.6 is 7.60 Å². The second-order valence-corrected chi connectivity index (χ2v) is 13.8. The Labute approximate surface area is 234 Å². The van der Waals surface area contributed by atoms with Gasteiger partial charge in [-0.3, -0.25) is 23.2 Å². The number of rotatable bonds is 11. The molecular weight excluding hydrogens is 547 g/mol. The number of esters is 2. The Balaban J connectivity index is 2.15. The van der Waals surface area contributed by atoms with Gasteiger partial charge in [-0.1, -0.05) is 17.7 Å². The van der Waals surface area contributed by atoms with Gasteiger partial charge in [0.05, 0.1) is 17.0 Å². The highest BCUT2D eigenvalue weighted by molar-refractivity contribution is 7.53. The third-order valence-corrected chi connectivity index (χ3v) is 7.55. The summed E-state index contributed by atoms with van der Waals surface area (Å²) in [6, 6.07) is 5.34. The van der Waals surface area contributed by atoms with Gasteiger partial charge in [0.15, 0.2) is 17.6 Å². The fourth-order valence-electron chi connectivity index (χ4n) is 3.29. The van der Waals surface area contributed by atoms with Crippen LogP contribution in [-0.4, -0.2) is 65.5 Å². The number of hydrogen-bond acceptors (Lipinski definition) is 12. The first-order chi connectivity index (χ1) is 18.3. The van der Waals surface area contributed by atoms with Crippen LogP contribution in [0.2, 0.25) is 0 Å². The first kappa shape index (κ1) is 33.6. The van der Waals surface area contributed by atoms with Crippen LogP contribution in [0.15, 0.2) is 29.7 Å². The van der Waals surface area contributed by atoms with E-state index in [1.54, 1.807) is 60.6 Å². The van der Waals surface area contributed by atoms with E-state index in [0.717, 1.165) is 11.1 Å². The highest BCUT2D eigenvalue weighted by Crippen LogP contribution is 2.50. The summed E-state index contributed by atoms with van der Waals surface area (Å²) < 4.78 is 45.6. The van der Waals surface area contributed by atoms with Crippen LogP contribution in [0.3, 0.4) is 0 Å². The highest BCUT2D eigenvalue weighted by atomic mass is 31.2. The van der Waals surface area contributed by atoms with E-state index in [0.29, 0.717) is 5.75 Å². The molecule has 226 valence electrons. The molecule has 2 rings (SSSR count). The Hall–Kier alpha value is -2.63. The van der Waals surface area contributed by atoms with Crippen molar-refractivity contribution >= 4 is 19.5 Å². The molecule has 1 heterocycles. The van der Waals surface area contributed by atoms with E-state index >= 15 is 0 Å². The van der Waals surface area contributed by atoms with Gasteiger partial charge in [-0.25, -0.2) is 0 Å². The molecule has 0 aliphatic carbocycles. The van der Waals surface area contributed by atoms with Gasteiger partial charge in [-0.15, -0.1) is 0 Å². The average Bonchev–Trinajstić information content (AvgIpc) is 2.83. The van der Waals surface area contributed by atoms with E-state index in [9.17, 15) is 29.5 Å². The molecule has 0 spiro atoms. The second kappa shape index (κ2) is 13.4. The Bertz CT molecular complexity index is 1100. The van der Waals surface area contributed by atoms with E-state index in [2.05, 4.69) is 0 Å². The van der Waals surface area contributed by atoms with Crippen molar-refractivity contribution in [3.05, 3.63) is 40.8 Å². The molecule has 0 saturated heterocycles. The zero-order valence-corrected chi connectivity index (χ0v) is 25.2. The summed E-state index contributed by atoms with van der Waals surface area (Å²) in [4.78, 5) is 24.2. The largest absolute Gasteiger partial charge is 0.506 e. The van der Waals surface area contributed by atoms with Gasteiger partial charge in [0, 0.05) is 0 Å². The van der Waals surface area contributed by atoms with E-state index in [1.165, 1.54) is 0 Å². The minimum Gasteiger partial charge on any atom is -0.506 e. The number of carbonyl (C=O) groups is 2. The molecule has 1 aromatic carbocycles. The number of ether oxygens (including phenoxy) is 4. The Morgan fingerprint density at radius 2 is 1.45 bits per heavy atom. The van der Waals surface area contributed by atoms with Gasteiger partial charge in [0.25, 0.3) is 0 Å². The Kier molecular flexibility index (Phi) is 11.2. The van der Waals surface area contributed by atoms with Crippen molar-refractivity contribution < 1.29 is 57.5 Å². The molecule has 0 bridgehead atoms. The first-order valence-corrected chi connectivity index (χ1v) is 14.5. The first-order valence-electron chi connectivity index (χ1n) is 12.8. The molecule has 0 unspecified atom stereocenters. The number of aryl methyl sites for hydroxylation is 2. The van der Waals surface area contributed by atoms with Crippen molar-refractivity contribution in [2.75, 3.05) is 19.7 Å². The summed E-state index contributed by atoms with van der Waals surface area (Å²) in [5.74, 6) is -2.28. The van der Waals surface area contributed by atoms with Crippen molar-refractivity contribution in [2.45, 2.75) is 80.3 Å². The van der Waals surface area contributed by atoms with Gasteiger partial charge in [0.1, 0.15) is 11.9 Å². The molecule has 3 atom stereocenters. The van der Waals surface area contributed by atoms with Crippen LogP contribution < -0.4 is 4.74 Å². The molecule has 1 aliphatic heterocycles. The second-order valence-electron chi connectivity index (χ2n) is 11.6.